The predicted octanol–water partition coefficient (Wildman–Crippen LogP) is 3.27. The molecule has 0 fully saturated rings. The Kier molecular flexibility index (Phi) is 5.99. The van der Waals surface area contributed by atoms with Crippen LogP contribution in [0.25, 0.3) is 22.0 Å². The number of hydrogen-bond acceptors (Lipinski definition) is 8. The summed E-state index contributed by atoms with van der Waals surface area (Å²) in [6, 6.07) is 8.67. The molecule has 0 bridgehead atoms. The molecule has 2 aromatic carbocycles. The molecule has 0 spiro atoms. The zero-order valence-electron chi connectivity index (χ0n) is 18.5. The van der Waals surface area contributed by atoms with Crippen molar-refractivity contribution in [1.82, 2.24) is 19.7 Å². The summed E-state index contributed by atoms with van der Waals surface area (Å²) in [5.41, 5.74) is 1.97. The maximum absolute atomic E-state index is 12.5. The van der Waals surface area contributed by atoms with Crippen LogP contribution in [0.5, 0.6) is 23.0 Å². The Balaban J connectivity index is 2.10. The first-order valence-corrected chi connectivity index (χ1v) is 9.87. The van der Waals surface area contributed by atoms with Gasteiger partial charge < -0.3 is 24.1 Å². The number of fused-ring (bicyclic) bond motifs is 1. The summed E-state index contributed by atoms with van der Waals surface area (Å²) >= 11 is 0. The van der Waals surface area contributed by atoms with Crippen LogP contribution < -0.4 is 18.9 Å². The third kappa shape index (κ3) is 3.98. The van der Waals surface area contributed by atoms with Crippen molar-refractivity contribution >= 4 is 16.9 Å². The molecule has 0 amide bonds. The number of pyridine rings is 1. The van der Waals surface area contributed by atoms with Crippen LogP contribution in [0.4, 0.5) is 0 Å². The number of ether oxygens (including phenoxy) is 4. The summed E-state index contributed by atoms with van der Waals surface area (Å²) < 4.78 is 23.2. The van der Waals surface area contributed by atoms with Gasteiger partial charge in [0.25, 0.3) is 0 Å². The molecular formula is C23H22N4O6. The first-order valence-electron chi connectivity index (χ1n) is 9.87. The molecule has 0 saturated heterocycles. The number of carboxylic acid groups (broad SMARTS) is 1. The van der Waals surface area contributed by atoms with Gasteiger partial charge in [-0.1, -0.05) is 6.07 Å². The van der Waals surface area contributed by atoms with Gasteiger partial charge in [-0.2, -0.15) is 5.10 Å². The molecule has 0 radical (unpaired) electrons. The highest BCUT2D eigenvalue weighted by Crippen LogP contribution is 2.41. The molecule has 0 saturated carbocycles. The van der Waals surface area contributed by atoms with Crippen molar-refractivity contribution in [2.75, 3.05) is 28.4 Å². The number of aromatic nitrogens is 4. The number of methoxy groups -OCH3 is 4. The molecule has 170 valence electrons. The zero-order valence-corrected chi connectivity index (χ0v) is 18.5. The average Bonchev–Trinajstić information content (AvgIpc) is 3.34. The largest absolute Gasteiger partial charge is 0.493 e. The molecule has 1 N–H and O–H groups in total. The van der Waals surface area contributed by atoms with Crippen LogP contribution in [0.15, 0.2) is 43.0 Å². The summed E-state index contributed by atoms with van der Waals surface area (Å²) in [5.74, 6) is 0.798. The molecule has 2 heterocycles. The highest BCUT2D eigenvalue weighted by molar-refractivity contribution is 6.08. The first kappa shape index (κ1) is 21.9. The van der Waals surface area contributed by atoms with Crippen molar-refractivity contribution < 1.29 is 28.8 Å². The second-order valence-electron chi connectivity index (χ2n) is 7.00. The fourth-order valence-corrected chi connectivity index (χ4v) is 3.75. The van der Waals surface area contributed by atoms with E-state index >= 15 is 0 Å². The lowest BCUT2D eigenvalue weighted by molar-refractivity contribution is 0.0696. The minimum absolute atomic E-state index is 0.0393. The van der Waals surface area contributed by atoms with Crippen molar-refractivity contribution in [2.24, 2.45) is 0 Å². The molecule has 33 heavy (non-hydrogen) atoms. The van der Waals surface area contributed by atoms with Crippen molar-refractivity contribution in [2.45, 2.75) is 6.54 Å². The molecule has 0 aliphatic heterocycles. The van der Waals surface area contributed by atoms with Gasteiger partial charge >= 0.3 is 5.97 Å². The Morgan fingerprint density at radius 3 is 2.21 bits per heavy atom. The predicted molar refractivity (Wildman–Crippen MR) is 119 cm³/mol. The van der Waals surface area contributed by atoms with Gasteiger partial charge in [0.2, 0.25) is 0 Å². The number of rotatable bonds is 8. The molecule has 0 aliphatic rings. The second-order valence-corrected chi connectivity index (χ2v) is 7.00. The SMILES string of the molecule is COc1ccc(-c2c(C(=O)O)c(Cn3cncn3)nc3cc(OC)c(OC)cc23)cc1OC. The van der Waals surface area contributed by atoms with E-state index in [4.69, 9.17) is 18.9 Å². The number of aromatic carboxylic acids is 1. The van der Waals surface area contributed by atoms with Crippen molar-refractivity contribution in [3.63, 3.8) is 0 Å². The molecule has 0 aliphatic carbocycles. The van der Waals surface area contributed by atoms with E-state index in [1.165, 1.54) is 45.8 Å². The Bertz CT molecular complexity index is 1320. The number of hydrogen-bond donors (Lipinski definition) is 1. The maximum Gasteiger partial charge on any atom is 0.338 e. The average molecular weight is 450 g/mol. The standard InChI is InChI=1S/C23H22N4O6/c1-30-17-6-5-13(7-18(17)31-2)21-14-8-19(32-3)20(33-4)9-15(14)26-16(22(21)23(28)29)10-27-12-24-11-25-27/h5-9,11-12H,10H2,1-4H3,(H,28,29). The lowest BCUT2D eigenvalue weighted by Gasteiger charge is -2.18. The number of nitrogens with zero attached hydrogens (tertiary/aromatic N) is 4. The molecule has 4 aromatic rings. The van der Waals surface area contributed by atoms with E-state index < -0.39 is 5.97 Å². The lowest BCUT2D eigenvalue weighted by Crippen LogP contribution is -2.12. The van der Waals surface area contributed by atoms with Gasteiger partial charge in [0, 0.05) is 17.0 Å². The zero-order chi connectivity index (χ0) is 23.5. The second kappa shape index (κ2) is 9.03. The van der Waals surface area contributed by atoms with Crippen LogP contribution in [0, 0.1) is 0 Å². The summed E-state index contributed by atoms with van der Waals surface area (Å²) in [4.78, 5) is 21.1. The van der Waals surface area contributed by atoms with Gasteiger partial charge in [0.1, 0.15) is 12.7 Å². The van der Waals surface area contributed by atoms with Crippen molar-refractivity contribution in [1.29, 1.82) is 0 Å². The molecule has 2 aromatic heterocycles. The van der Waals surface area contributed by atoms with Gasteiger partial charge in [0.15, 0.2) is 23.0 Å². The normalized spacial score (nSPS) is 10.8. The number of carbonyl (C=O) groups is 1. The van der Waals surface area contributed by atoms with E-state index in [-0.39, 0.29) is 12.1 Å². The Morgan fingerprint density at radius 2 is 1.61 bits per heavy atom. The Labute approximate surface area is 189 Å². The fourth-order valence-electron chi connectivity index (χ4n) is 3.75. The maximum atomic E-state index is 12.5. The number of carboxylic acids is 1. The number of benzene rings is 2. The Hall–Kier alpha value is -4.34. The van der Waals surface area contributed by atoms with E-state index in [1.807, 2.05) is 0 Å². The highest BCUT2D eigenvalue weighted by Gasteiger charge is 2.24. The minimum Gasteiger partial charge on any atom is -0.493 e. The van der Waals surface area contributed by atoms with Gasteiger partial charge in [-0.3, -0.25) is 0 Å². The van der Waals surface area contributed by atoms with Crippen molar-refractivity contribution in [3.05, 3.63) is 54.2 Å². The molecule has 0 unspecified atom stereocenters. The Morgan fingerprint density at radius 1 is 0.939 bits per heavy atom. The van der Waals surface area contributed by atoms with Gasteiger partial charge in [-0.15, -0.1) is 0 Å². The molecular weight excluding hydrogens is 428 g/mol. The first-order chi connectivity index (χ1) is 16.0. The van der Waals surface area contributed by atoms with E-state index in [0.29, 0.717) is 50.7 Å². The van der Waals surface area contributed by atoms with Crippen LogP contribution in [-0.2, 0) is 6.54 Å². The molecule has 0 atom stereocenters. The third-order valence-corrected chi connectivity index (χ3v) is 5.23. The summed E-state index contributed by atoms with van der Waals surface area (Å²) in [6.07, 6.45) is 2.88. The summed E-state index contributed by atoms with van der Waals surface area (Å²) in [5, 5.41) is 14.9. The molecule has 4 rings (SSSR count). The van der Waals surface area contributed by atoms with Crippen LogP contribution >= 0.6 is 0 Å². The van der Waals surface area contributed by atoms with Gasteiger partial charge in [0.05, 0.1) is 51.8 Å². The van der Waals surface area contributed by atoms with Gasteiger partial charge in [-0.05, 0) is 23.8 Å². The summed E-state index contributed by atoms with van der Waals surface area (Å²) in [7, 11) is 6.11. The van der Waals surface area contributed by atoms with E-state index in [9.17, 15) is 9.90 Å². The third-order valence-electron chi connectivity index (χ3n) is 5.23. The minimum atomic E-state index is -1.13. The quantitative estimate of drug-likeness (QED) is 0.431. The topological polar surface area (TPSA) is 118 Å². The lowest BCUT2D eigenvalue weighted by atomic mass is 9.93. The van der Waals surface area contributed by atoms with E-state index in [2.05, 4.69) is 15.1 Å². The van der Waals surface area contributed by atoms with Crippen molar-refractivity contribution in [3.8, 4) is 34.1 Å². The highest BCUT2D eigenvalue weighted by atomic mass is 16.5. The smallest absolute Gasteiger partial charge is 0.338 e. The fraction of sp³-hybridized carbons (Fsp3) is 0.217. The van der Waals surface area contributed by atoms with Crippen LogP contribution in [0.3, 0.4) is 0 Å². The monoisotopic (exact) mass is 450 g/mol. The molecule has 10 nitrogen and oxygen atoms in total. The van der Waals surface area contributed by atoms with Crippen LogP contribution in [0.2, 0.25) is 0 Å². The van der Waals surface area contributed by atoms with E-state index in [1.54, 1.807) is 30.3 Å². The van der Waals surface area contributed by atoms with Crippen LogP contribution in [0.1, 0.15) is 16.1 Å². The van der Waals surface area contributed by atoms with Crippen LogP contribution in [-0.4, -0.2) is 59.3 Å². The van der Waals surface area contributed by atoms with Gasteiger partial charge in [-0.25, -0.2) is 19.4 Å². The summed E-state index contributed by atoms with van der Waals surface area (Å²) in [6.45, 7) is 0.117. The molecule has 10 heteroatoms. The van der Waals surface area contributed by atoms with E-state index in [0.717, 1.165) is 0 Å².